The molecule has 7 rings (SSSR count). The van der Waals surface area contributed by atoms with E-state index in [1.165, 1.54) is 12.0 Å². The molecule has 1 N–H and O–H groups in total. The van der Waals surface area contributed by atoms with E-state index in [-0.39, 0.29) is 30.1 Å². The van der Waals surface area contributed by atoms with Crippen molar-refractivity contribution in [1.82, 2.24) is 5.32 Å². The molecule has 0 saturated carbocycles. The number of aliphatic imine (C=N–C) groups is 1. The van der Waals surface area contributed by atoms with Crippen LogP contribution < -0.4 is 10.2 Å². The first-order valence-corrected chi connectivity index (χ1v) is 12.0. The van der Waals surface area contributed by atoms with Gasteiger partial charge in [-0.25, -0.2) is 0 Å². The number of ether oxygens (including phenoxy) is 1. The third kappa shape index (κ3) is 3.34. The van der Waals surface area contributed by atoms with Crippen LogP contribution in [0.5, 0.6) is 0 Å². The third-order valence-corrected chi connectivity index (χ3v) is 7.41. The van der Waals surface area contributed by atoms with Crippen molar-refractivity contribution < 1.29 is 18.7 Å². The van der Waals surface area contributed by atoms with E-state index >= 15 is 0 Å². The maximum atomic E-state index is 13.2. The van der Waals surface area contributed by atoms with E-state index in [9.17, 15) is 9.59 Å². The summed E-state index contributed by atoms with van der Waals surface area (Å²) in [5.74, 6) is -0.889. The van der Waals surface area contributed by atoms with Gasteiger partial charge < -0.3 is 14.1 Å². The molecule has 0 radical (unpaired) electrons. The molecule has 2 aromatic carbocycles. The van der Waals surface area contributed by atoms with Gasteiger partial charge in [0.15, 0.2) is 0 Å². The molecule has 2 atom stereocenters. The maximum absolute atomic E-state index is 13.2. The third-order valence-electron chi connectivity index (χ3n) is 7.41. The van der Waals surface area contributed by atoms with Gasteiger partial charge in [0.05, 0.1) is 41.0 Å². The van der Waals surface area contributed by atoms with Gasteiger partial charge in [-0.05, 0) is 37.3 Å². The number of fused-ring (bicyclic) bond motifs is 1. The molecule has 5 heterocycles. The van der Waals surface area contributed by atoms with Crippen LogP contribution in [0.15, 0.2) is 76.1 Å². The Morgan fingerprint density at radius 1 is 0.972 bits per heavy atom. The molecule has 1 fully saturated rings. The molecule has 0 spiro atoms. The first-order chi connectivity index (χ1) is 17.2. The first kappa shape index (κ1) is 22.8. The van der Waals surface area contributed by atoms with Crippen molar-refractivity contribution in [3.63, 3.8) is 0 Å². The number of carbonyl (C=O) groups excluding carboxylic acids is 2. The summed E-state index contributed by atoms with van der Waals surface area (Å²) >= 11 is 0. The molecule has 7 nitrogen and oxygen atoms in total. The van der Waals surface area contributed by atoms with Crippen LogP contribution in [0.25, 0.3) is 16.5 Å². The molecule has 8 heteroatoms. The average Bonchev–Trinajstić information content (AvgIpc) is 3.54. The van der Waals surface area contributed by atoms with Crippen LogP contribution in [0.1, 0.15) is 36.0 Å². The second-order valence-electron chi connectivity index (χ2n) is 9.35. The fraction of sp³-hybridized carbons (Fsp3) is 0.250. The minimum atomic E-state index is -0.447. The molecule has 2 amide bonds. The van der Waals surface area contributed by atoms with Crippen molar-refractivity contribution in [2.45, 2.75) is 37.8 Å². The summed E-state index contributed by atoms with van der Waals surface area (Å²) in [4.78, 5) is 33.3. The lowest BCUT2D eigenvalue weighted by Crippen LogP contribution is -2.41. The van der Waals surface area contributed by atoms with E-state index in [0.717, 1.165) is 42.5 Å². The summed E-state index contributed by atoms with van der Waals surface area (Å²) in [6.45, 7) is 0.792. The highest BCUT2D eigenvalue weighted by Crippen LogP contribution is 2.42. The maximum Gasteiger partial charge on any atom is 0.261 e. The average molecular weight is 502 g/mol. The van der Waals surface area contributed by atoms with Crippen LogP contribution in [-0.2, 0) is 20.7 Å². The number of halogens is 1. The molecule has 1 saturated heterocycles. The Bertz CT molecular complexity index is 1500. The number of anilines is 1. The van der Waals surface area contributed by atoms with E-state index < -0.39 is 11.8 Å². The van der Waals surface area contributed by atoms with E-state index in [2.05, 4.69) is 16.3 Å². The zero-order valence-electron chi connectivity index (χ0n) is 19.4. The Morgan fingerprint density at radius 3 is 2.67 bits per heavy atom. The van der Waals surface area contributed by atoms with Gasteiger partial charge in [0.25, 0.3) is 11.8 Å². The molecule has 0 bridgehead atoms. The molecule has 4 aliphatic heterocycles. The highest BCUT2D eigenvalue weighted by Gasteiger charge is 2.41. The summed E-state index contributed by atoms with van der Waals surface area (Å²) < 4.78 is 11.9. The molecule has 36 heavy (non-hydrogen) atoms. The van der Waals surface area contributed by atoms with Gasteiger partial charge in [-0.1, -0.05) is 36.4 Å². The second-order valence-corrected chi connectivity index (χ2v) is 9.35. The van der Waals surface area contributed by atoms with E-state index in [0.29, 0.717) is 22.4 Å². The molecule has 2 unspecified atom stereocenters. The number of imide groups is 1. The highest BCUT2D eigenvalue weighted by molar-refractivity contribution is 6.48. The lowest BCUT2D eigenvalue weighted by molar-refractivity contribution is -0.123. The van der Waals surface area contributed by atoms with Crippen molar-refractivity contribution in [2.24, 2.45) is 4.99 Å². The number of nitrogens with one attached hydrogen (secondary N) is 1. The van der Waals surface area contributed by atoms with Crippen LogP contribution in [0.3, 0.4) is 0 Å². The number of furan rings is 1. The molecule has 3 aromatic rings. The second kappa shape index (κ2) is 8.76. The predicted molar refractivity (Wildman–Crippen MR) is 139 cm³/mol. The van der Waals surface area contributed by atoms with Crippen LogP contribution in [0.4, 0.5) is 5.69 Å². The van der Waals surface area contributed by atoms with Crippen molar-refractivity contribution >= 4 is 52.2 Å². The predicted octanol–water partition coefficient (Wildman–Crippen LogP) is 4.54. The zero-order valence-corrected chi connectivity index (χ0v) is 20.2. The fourth-order valence-electron chi connectivity index (χ4n) is 5.88. The zero-order chi connectivity index (χ0) is 23.5. The largest absolute Gasteiger partial charge is 0.464 e. The Morgan fingerprint density at radius 2 is 1.81 bits per heavy atom. The van der Waals surface area contributed by atoms with Crippen molar-refractivity contribution in [2.75, 3.05) is 11.5 Å². The van der Waals surface area contributed by atoms with Gasteiger partial charge in [-0.2, -0.15) is 0 Å². The number of hydrogen-bond acceptors (Lipinski definition) is 6. The van der Waals surface area contributed by atoms with Gasteiger partial charge in [-0.3, -0.25) is 19.9 Å². The number of benzene rings is 2. The van der Waals surface area contributed by atoms with E-state index in [4.69, 9.17) is 14.1 Å². The topological polar surface area (TPSA) is 84.1 Å². The number of hydrogen-bond donors (Lipinski definition) is 1. The number of amides is 2. The lowest BCUT2D eigenvalue weighted by Gasteiger charge is -2.33. The quantitative estimate of drug-likeness (QED) is 0.533. The van der Waals surface area contributed by atoms with Crippen LogP contribution in [0.2, 0.25) is 0 Å². The lowest BCUT2D eigenvalue weighted by atomic mass is 9.92. The summed E-state index contributed by atoms with van der Waals surface area (Å²) in [7, 11) is 0. The van der Waals surface area contributed by atoms with Crippen molar-refractivity contribution in [3.05, 3.63) is 83.4 Å². The number of rotatable bonds is 3. The summed E-state index contributed by atoms with van der Waals surface area (Å²) in [6.07, 6.45) is 9.62. The summed E-state index contributed by atoms with van der Waals surface area (Å²) in [6, 6.07) is 13.7. The van der Waals surface area contributed by atoms with Crippen molar-refractivity contribution in [1.29, 1.82) is 0 Å². The fourth-order valence-corrected chi connectivity index (χ4v) is 5.88. The Kier molecular flexibility index (Phi) is 5.54. The molecule has 4 aliphatic rings. The van der Waals surface area contributed by atoms with Gasteiger partial charge in [0, 0.05) is 35.5 Å². The SMILES string of the molecule is Cl.O=C1NC(=O)C(c2cccc3ccoc23)=C1C1=NC=CN2c3c(cccc31)CC2C1CCCCO1. The number of para-hydroxylation sites is 2. The number of nitrogens with zero attached hydrogens (tertiary/aromatic N) is 2. The van der Waals surface area contributed by atoms with Crippen LogP contribution >= 0.6 is 12.4 Å². The van der Waals surface area contributed by atoms with Gasteiger partial charge in [0.2, 0.25) is 0 Å². The van der Waals surface area contributed by atoms with Gasteiger partial charge in [0.1, 0.15) is 5.58 Å². The van der Waals surface area contributed by atoms with Gasteiger partial charge in [-0.15, -0.1) is 12.4 Å². The molecular formula is C28H24ClN3O4. The Balaban J connectivity index is 0.00000240. The van der Waals surface area contributed by atoms with E-state index in [1.807, 2.05) is 42.6 Å². The minimum absolute atomic E-state index is 0. The van der Waals surface area contributed by atoms with Gasteiger partial charge >= 0.3 is 0 Å². The van der Waals surface area contributed by atoms with Crippen LogP contribution in [-0.4, -0.2) is 36.3 Å². The minimum Gasteiger partial charge on any atom is -0.464 e. The molecule has 0 aliphatic carbocycles. The van der Waals surface area contributed by atoms with Crippen molar-refractivity contribution in [3.8, 4) is 0 Å². The molecule has 1 aromatic heterocycles. The highest BCUT2D eigenvalue weighted by atomic mass is 35.5. The molecular weight excluding hydrogens is 478 g/mol. The monoisotopic (exact) mass is 501 g/mol. The Labute approximate surface area is 213 Å². The normalized spacial score (nSPS) is 22.9. The summed E-state index contributed by atoms with van der Waals surface area (Å²) in [5.41, 5.74) is 5.29. The standard InChI is InChI=1S/C28H23N3O4.ClH/c32-27-22(18-7-3-5-16-10-14-35-26(16)18)23(28(33)30-27)24-19-8-4-6-17-15-20(21-9-1-2-13-34-21)31(25(17)19)12-11-29-24;/h3-8,10-12,14,20-21H,1-2,9,13,15H2,(H,30,32,33);1H. The number of carbonyl (C=O) groups is 2. The van der Waals surface area contributed by atoms with Crippen LogP contribution in [0, 0.1) is 0 Å². The molecule has 182 valence electrons. The summed E-state index contributed by atoms with van der Waals surface area (Å²) in [5, 5.41) is 3.36. The smallest absolute Gasteiger partial charge is 0.261 e. The first-order valence-electron chi connectivity index (χ1n) is 12.0. The van der Waals surface area contributed by atoms with E-state index in [1.54, 1.807) is 12.5 Å². The Hall–Kier alpha value is -3.68.